The molecule has 0 atom stereocenters. The third-order valence-corrected chi connectivity index (χ3v) is 6.91. The van der Waals surface area contributed by atoms with Crippen LogP contribution in [0.3, 0.4) is 0 Å². The number of hydrogen-bond acceptors (Lipinski definition) is 6. The lowest BCUT2D eigenvalue weighted by atomic mass is 10.2. The highest BCUT2D eigenvalue weighted by Gasteiger charge is 2.21. The smallest absolute Gasteiger partial charge is 0.202 e. The molecule has 0 fully saturated rings. The van der Waals surface area contributed by atoms with Gasteiger partial charge in [-0.25, -0.2) is 4.98 Å². The minimum absolute atomic E-state index is 0.558. The maximum absolute atomic E-state index is 9.81. The lowest BCUT2D eigenvalue weighted by molar-refractivity contribution is 0.880. The second kappa shape index (κ2) is 8.55. The zero-order valence-corrected chi connectivity index (χ0v) is 20.0. The zero-order valence-electron chi connectivity index (χ0n) is 18.4. The van der Waals surface area contributed by atoms with Gasteiger partial charge >= 0.3 is 0 Å². The van der Waals surface area contributed by atoms with Gasteiger partial charge < -0.3 is 0 Å². The average molecular weight is 494 g/mol. The van der Waals surface area contributed by atoms with Crippen LogP contribution in [0.25, 0.3) is 33.8 Å². The molecular weight excluding hydrogens is 478 g/mol. The van der Waals surface area contributed by atoms with Crippen LogP contribution in [0.1, 0.15) is 11.1 Å². The standard InChI is InChI=1S/C26H16ClN7S/c1-16-14-23(34-22-5-3-2-4-21(22)30-25(34)20(16)15-28)35-26-32-31-24(17-10-12-29-13-11-17)33(26)19-8-6-18(27)7-9-19/h2-14H,1H3. The predicted molar refractivity (Wildman–Crippen MR) is 136 cm³/mol. The Balaban J connectivity index is 1.59. The van der Waals surface area contributed by atoms with E-state index in [1.165, 1.54) is 11.8 Å². The van der Waals surface area contributed by atoms with Crippen LogP contribution in [0.2, 0.25) is 5.02 Å². The molecule has 0 bridgehead atoms. The first-order valence-corrected chi connectivity index (χ1v) is 11.9. The zero-order chi connectivity index (χ0) is 23.9. The summed E-state index contributed by atoms with van der Waals surface area (Å²) in [5.41, 5.74) is 5.56. The van der Waals surface area contributed by atoms with Gasteiger partial charge in [0.15, 0.2) is 11.5 Å². The Morgan fingerprint density at radius 2 is 1.74 bits per heavy atom. The van der Waals surface area contributed by atoms with E-state index in [0.717, 1.165) is 32.9 Å². The van der Waals surface area contributed by atoms with Crippen molar-refractivity contribution in [1.29, 1.82) is 5.26 Å². The summed E-state index contributed by atoms with van der Waals surface area (Å²) in [4.78, 5) is 8.88. The fourth-order valence-electron chi connectivity index (χ4n) is 4.07. The second-order valence-electron chi connectivity index (χ2n) is 7.87. The van der Waals surface area contributed by atoms with E-state index in [1.54, 1.807) is 12.4 Å². The van der Waals surface area contributed by atoms with Crippen LogP contribution in [0, 0.1) is 18.3 Å². The van der Waals surface area contributed by atoms with Crippen molar-refractivity contribution in [3.63, 3.8) is 0 Å². The van der Waals surface area contributed by atoms with Gasteiger partial charge in [0.05, 0.1) is 21.6 Å². The van der Waals surface area contributed by atoms with Gasteiger partial charge in [-0.15, -0.1) is 10.2 Å². The molecule has 9 heteroatoms. The number of fused-ring (bicyclic) bond motifs is 3. The maximum atomic E-state index is 9.81. The SMILES string of the molecule is Cc1cc(Sc2nnc(-c3ccncc3)n2-c2ccc(Cl)cc2)n2c(nc3ccccc32)c1C#N. The van der Waals surface area contributed by atoms with Gasteiger partial charge in [-0.3, -0.25) is 14.0 Å². The van der Waals surface area contributed by atoms with Gasteiger partial charge in [-0.2, -0.15) is 5.26 Å². The Morgan fingerprint density at radius 3 is 2.51 bits per heavy atom. The average Bonchev–Trinajstić information content (AvgIpc) is 3.47. The van der Waals surface area contributed by atoms with Crippen molar-refractivity contribution in [3.05, 3.63) is 95.3 Å². The molecule has 0 saturated heterocycles. The van der Waals surface area contributed by atoms with Crippen LogP contribution in [0.15, 0.2) is 89.3 Å². The van der Waals surface area contributed by atoms with Gasteiger partial charge in [0.1, 0.15) is 6.07 Å². The van der Waals surface area contributed by atoms with Crippen LogP contribution >= 0.6 is 23.4 Å². The van der Waals surface area contributed by atoms with Crippen LogP contribution in [-0.4, -0.2) is 29.1 Å². The molecule has 0 unspecified atom stereocenters. The first-order chi connectivity index (χ1) is 17.1. The molecule has 2 aromatic carbocycles. The van der Waals surface area contributed by atoms with E-state index in [4.69, 9.17) is 16.6 Å². The highest BCUT2D eigenvalue weighted by atomic mass is 35.5. The molecule has 6 aromatic rings. The third-order valence-electron chi connectivity index (χ3n) is 5.70. The van der Waals surface area contributed by atoms with Crippen molar-refractivity contribution in [2.75, 3.05) is 0 Å². The summed E-state index contributed by atoms with van der Waals surface area (Å²) in [5.74, 6) is 0.689. The summed E-state index contributed by atoms with van der Waals surface area (Å²) >= 11 is 7.63. The quantitative estimate of drug-likeness (QED) is 0.294. The molecule has 0 saturated carbocycles. The number of imidazole rings is 1. The van der Waals surface area contributed by atoms with Crippen molar-refractivity contribution in [3.8, 4) is 23.1 Å². The molecular formula is C26H16ClN7S. The van der Waals surface area contributed by atoms with E-state index < -0.39 is 0 Å². The van der Waals surface area contributed by atoms with E-state index in [1.807, 2.05) is 82.6 Å². The fraction of sp³-hybridized carbons (Fsp3) is 0.0385. The van der Waals surface area contributed by atoms with Crippen LogP contribution in [0.5, 0.6) is 0 Å². The Kier molecular flexibility index (Phi) is 5.21. The Morgan fingerprint density at radius 1 is 0.971 bits per heavy atom. The number of hydrogen-bond donors (Lipinski definition) is 0. The molecule has 0 spiro atoms. The summed E-state index contributed by atoms with van der Waals surface area (Å²) in [6.07, 6.45) is 3.46. The van der Waals surface area contributed by atoms with Gasteiger partial charge in [0, 0.05) is 28.7 Å². The van der Waals surface area contributed by atoms with Gasteiger partial charge in [-0.05, 0) is 78.8 Å². The molecule has 0 N–H and O–H groups in total. The molecule has 0 aliphatic carbocycles. The van der Waals surface area contributed by atoms with Crippen molar-refractivity contribution in [2.45, 2.75) is 17.1 Å². The molecule has 0 aliphatic rings. The number of aromatic nitrogens is 6. The summed E-state index contributed by atoms with van der Waals surface area (Å²) in [7, 11) is 0. The summed E-state index contributed by atoms with van der Waals surface area (Å²) in [6.45, 7) is 1.92. The lowest BCUT2D eigenvalue weighted by Gasteiger charge is -2.12. The molecule has 7 nitrogen and oxygen atoms in total. The number of para-hydroxylation sites is 2. The van der Waals surface area contributed by atoms with E-state index in [0.29, 0.717) is 27.2 Å². The van der Waals surface area contributed by atoms with Gasteiger partial charge in [0.25, 0.3) is 0 Å². The lowest BCUT2D eigenvalue weighted by Crippen LogP contribution is -2.01. The van der Waals surface area contributed by atoms with Crippen LogP contribution < -0.4 is 0 Å². The minimum atomic E-state index is 0.558. The highest BCUT2D eigenvalue weighted by molar-refractivity contribution is 7.99. The van der Waals surface area contributed by atoms with E-state index >= 15 is 0 Å². The van der Waals surface area contributed by atoms with E-state index in [-0.39, 0.29) is 0 Å². The number of nitriles is 1. The number of rotatable bonds is 4. The first-order valence-electron chi connectivity index (χ1n) is 10.7. The van der Waals surface area contributed by atoms with E-state index in [9.17, 15) is 5.26 Å². The molecule has 35 heavy (non-hydrogen) atoms. The van der Waals surface area contributed by atoms with Crippen LogP contribution in [-0.2, 0) is 0 Å². The number of benzene rings is 2. The summed E-state index contributed by atoms with van der Waals surface area (Å²) < 4.78 is 4.01. The van der Waals surface area contributed by atoms with Crippen molar-refractivity contribution in [2.24, 2.45) is 0 Å². The van der Waals surface area contributed by atoms with Crippen LogP contribution in [0.4, 0.5) is 0 Å². The predicted octanol–water partition coefficient (Wildman–Crippen LogP) is 6.11. The number of halogens is 1. The molecule has 4 aromatic heterocycles. The molecule has 6 rings (SSSR count). The largest absolute Gasteiger partial charge is 0.285 e. The Labute approximate surface area is 209 Å². The van der Waals surface area contributed by atoms with Crippen molar-refractivity contribution >= 4 is 40.0 Å². The van der Waals surface area contributed by atoms with E-state index in [2.05, 4.69) is 21.3 Å². The number of pyridine rings is 2. The Bertz CT molecular complexity index is 1750. The summed E-state index contributed by atoms with van der Waals surface area (Å²) in [6, 6.07) is 23.5. The molecule has 168 valence electrons. The monoisotopic (exact) mass is 493 g/mol. The molecule has 0 aliphatic heterocycles. The minimum Gasteiger partial charge on any atom is -0.285 e. The first kappa shape index (κ1) is 21.4. The van der Waals surface area contributed by atoms with Crippen molar-refractivity contribution in [1.82, 2.24) is 29.1 Å². The number of aryl methyl sites for hydroxylation is 1. The topological polar surface area (TPSA) is 84.7 Å². The fourth-order valence-corrected chi connectivity index (χ4v) is 5.26. The molecule has 4 heterocycles. The Hall–Kier alpha value is -4.19. The van der Waals surface area contributed by atoms with Gasteiger partial charge in [0.2, 0.25) is 5.16 Å². The summed E-state index contributed by atoms with van der Waals surface area (Å²) in [5, 5.41) is 21.1. The highest BCUT2D eigenvalue weighted by Crippen LogP contribution is 2.36. The normalized spacial score (nSPS) is 11.2. The third kappa shape index (κ3) is 3.62. The molecule has 0 amide bonds. The number of nitrogens with zero attached hydrogens (tertiary/aromatic N) is 7. The molecule has 0 radical (unpaired) electrons. The second-order valence-corrected chi connectivity index (χ2v) is 9.29. The maximum Gasteiger partial charge on any atom is 0.202 e. The van der Waals surface area contributed by atoms with Gasteiger partial charge in [-0.1, -0.05) is 23.7 Å². The van der Waals surface area contributed by atoms with Crippen molar-refractivity contribution < 1.29 is 0 Å².